The molecule has 0 aliphatic heterocycles. The number of carbonyl (C=O) groups is 1. The topological polar surface area (TPSA) is 69.9 Å². The van der Waals surface area contributed by atoms with Gasteiger partial charge in [-0.05, 0) is 41.2 Å². The van der Waals surface area contributed by atoms with Crippen molar-refractivity contribution in [3.63, 3.8) is 0 Å². The van der Waals surface area contributed by atoms with Gasteiger partial charge in [-0.15, -0.1) is 11.3 Å². The number of halogens is 1. The van der Waals surface area contributed by atoms with Crippen molar-refractivity contribution in [2.24, 2.45) is 4.99 Å². The summed E-state index contributed by atoms with van der Waals surface area (Å²) in [6, 6.07) is 13.1. The van der Waals surface area contributed by atoms with Crippen molar-refractivity contribution in [3.8, 4) is 16.2 Å². The minimum absolute atomic E-state index is 0.0667. The maximum Gasteiger partial charge on any atom is 0.337 e. The molecule has 0 bridgehead atoms. The summed E-state index contributed by atoms with van der Waals surface area (Å²) >= 11 is 13.0. The Morgan fingerprint density at radius 2 is 1.79 bits per heavy atom. The Balaban J connectivity index is 1.70. The van der Waals surface area contributed by atoms with E-state index in [4.69, 9.17) is 28.9 Å². The molecular weight excluding hydrogens is 474 g/mol. The van der Waals surface area contributed by atoms with Gasteiger partial charge in [0.05, 0.1) is 22.0 Å². The van der Waals surface area contributed by atoms with Crippen LogP contribution in [0.15, 0.2) is 52.8 Å². The van der Waals surface area contributed by atoms with E-state index in [0.717, 1.165) is 16.0 Å². The highest BCUT2D eigenvalue weighted by Gasteiger charge is 2.17. The normalized spacial score (nSPS) is 12.1. The van der Waals surface area contributed by atoms with Crippen LogP contribution in [0.25, 0.3) is 10.4 Å². The molecule has 0 aliphatic carbocycles. The molecule has 0 aliphatic rings. The van der Waals surface area contributed by atoms with Gasteiger partial charge in [-0.3, -0.25) is 4.99 Å². The van der Waals surface area contributed by atoms with Crippen LogP contribution in [0, 0.1) is 0 Å². The Labute approximate surface area is 208 Å². The third kappa shape index (κ3) is 6.08. The summed E-state index contributed by atoms with van der Waals surface area (Å²) in [6.45, 7) is 8.70. The minimum Gasteiger partial charge on any atom is -0.506 e. The smallest absolute Gasteiger partial charge is 0.337 e. The van der Waals surface area contributed by atoms with E-state index in [1.165, 1.54) is 23.0 Å². The third-order valence-electron chi connectivity index (χ3n) is 5.33. The number of carboxylic acid groups (broad SMARTS) is 1. The maximum atomic E-state index is 11.1. The standard InChI is InChI=1S/C26H26ClNO3S2/c1-15(28-13-19(32)11-16-5-10-20(25(30)31)22(27)12-16)21-14-33-24(23(21)29)17-6-8-18(9-7-17)26(2,3)4/h5-10,12,14,29H,11,13H2,1-4H3,(H,30,31). The predicted octanol–water partition coefficient (Wildman–Crippen LogP) is 7.19. The highest BCUT2D eigenvalue weighted by atomic mass is 35.5. The van der Waals surface area contributed by atoms with Crippen LogP contribution in [-0.4, -0.2) is 33.3 Å². The van der Waals surface area contributed by atoms with Crippen LogP contribution in [0.2, 0.25) is 5.02 Å². The van der Waals surface area contributed by atoms with Crippen molar-refractivity contribution in [2.75, 3.05) is 6.54 Å². The lowest BCUT2D eigenvalue weighted by Gasteiger charge is -2.19. The van der Waals surface area contributed by atoms with E-state index in [1.807, 2.05) is 24.4 Å². The van der Waals surface area contributed by atoms with E-state index in [1.54, 1.807) is 12.1 Å². The molecule has 172 valence electrons. The highest BCUT2D eigenvalue weighted by molar-refractivity contribution is 7.80. The van der Waals surface area contributed by atoms with Crippen molar-refractivity contribution in [2.45, 2.75) is 39.5 Å². The Hall–Kier alpha value is -2.54. The molecule has 0 unspecified atom stereocenters. The second-order valence-electron chi connectivity index (χ2n) is 8.89. The Bertz CT molecular complexity index is 1220. The van der Waals surface area contributed by atoms with E-state index >= 15 is 0 Å². The molecule has 7 heteroatoms. The minimum atomic E-state index is -1.06. The number of aromatic carboxylic acids is 1. The van der Waals surface area contributed by atoms with Gasteiger partial charge in [0.25, 0.3) is 0 Å². The predicted molar refractivity (Wildman–Crippen MR) is 142 cm³/mol. The first-order valence-electron chi connectivity index (χ1n) is 10.4. The second-order valence-corrected chi connectivity index (χ2v) is 10.8. The van der Waals surface area contributed by atoms with E-state index < -0.39 is 5.97 Å². The van der Waals surface area contributed by atoms with E-state index in [2.05, 4.69) is 37.9 Å². The fourth-order valence-corrected chi connectivity index (χ4v) is 4.88. The lowest BCUT2D eigenvalue weighted by atomic mass is 9.86. The first-order chi connectivity index (χ1) is 15.5. The number of rotatable bonds is 7. The first-order valence-corrected chi connectivity index (χ1v) is 12.1. The van der Waals surface area contributed by atoms with Crippen LogP contribution < -0.4 is 0 Å². The van der Waals surface area contributed by atoms with Gasteiger partial charge in [-0.2, -0.15) is 0 Å². The number of hydrogen-bond acceptors (Lipinski definition) is 5. The summed E-state index contributed by atoms with van der Waals surface area (Å²) in [4.78, 5) is 17.2. The van der Waals surface area contributed by atoms with Gasteiger partial charge in [0.15, 0.2) is 0 Å². The fraction of sp³-hybridized carbons (Fsp3) is 0.269. The molecule has 3 aromatic rings. The monoisotopic (exact) mass is 499 g/mol. The largest absolute Gasteiger partial charge is 0.506 e. The molecule has 0 saturated carbocycles. The summed E-state index contributed by atoms with van der Waals surface area (Å²) in [7, 11) is 0. The number of carboxylic acids is 1. The van der Waals surface area contributed by atoms with E-state index in [0.29, 0.717) is 29.1 Å². The summed E-state index contributed by atoms with van der Waals surface area (Å²) in [5, 5.41) is 22.0. The number of hydrogen-bond donors (Lipinski definition) is 2. The zero-order valence-electron chi connectivity index (χ0n) is 19.0. The molecule has 33 heavy (non-hydrogen) atoms. The lowest BCUT2D eigenvalue weighted by Crippen LogP contribution is -2.10. The lowest BCUT2D eigenvalue weighted by molar-refractivity contribution is 0.0697. The Morgan fingerprint density at radius 3 is 2.36 bits per heavy atom. The number of nitrogens with zero attached hydrogens (tertiary/aromatic N) is 1. The number of thiophene rings is 1. The van der Waals surface area contributed by atoms with Crippen LogP contribution in [0.4, 0.5) is 0 Å². The summed E-state index contributed by atoms with van der Waals surface area (Å²) in [5.41, 5.74) is 4.61. The molecule has 0 atom stereocenters. The summed E-state index contributed by atoms with van der Waals surface area (Å²) < 4.78 is 0. The quantitative estimate of drug-likeness (QED) is 0.266. The molecule has 0 spiro atoms. The zero-order chi connectivity index (χ0) is 24.3. The summed E-state index contributed by atoms with van der Waals surface area (Å²) in [5.74, 6) is -0.832. The van der Waals surface area contributed by atoms with Gasteiger partial charge in [0.1, 0.15) is 5.75 Å². The molecule has 0 radical (unpaired) electrons. The van der Waals surface area contributed by atoms with E-state index in [-0.39, 0.29) is 21.8 Å². The second kappa shape index (κ2) is 10.2. The van der Waals surface area contributed by atoms with Crippen LogP contribution >= 0.6 is 35.2 Å². The molecule has 2 N–H and O–H groups in total. The number of thiocarbonyl (C=S) groups is 1. The van der Waals surface area contributed by atoms with Gasteiger partial charge < -0.3 is 10.2 Å². The van der Waals surface area contributed by atoms with E-state index in [9.17, 15) is 9.90 Å². The van der Waals surface area contributed by atoms with Gasteiger partial charge >= 0.3 is 5.97 Å². The molecule has 0 fully saturated rings. The molecule has 4 nitrogen and oxygen atoms in total. The molecular formula is C26H26ClNO3S2. The average Bonchev–Trinajstić information content (AvgIpc) is 3.12. The molecule has 1 heterocycles. The van der Waals surface area contributed by atoms with Gasteiger partial charge in [0, 0.05) is 27.9 Å². The molecule has 3 rings (SSSR count). The van der Waals surface area contributed by atoms with Gasteiger partial charge in [-0.1, -0.05) is 74.9 Å². The zero-order valence-corrected chi connectivity index (χ0v) is 21.4. The fourth-order valence-electron chi connectivity index (χ4n) is 3.35. The summed E-state index contributed by atoms with van der Waals surface area (Å²) in [6.07, 6.45) is 0.465. The Morgan fingerprint density at radius 1 is 1.12 bits per heavy atom. The Kier molecular flexibility index (Phi) is 7.73. The number of aromatic hydroxyl groups is 1. The van der Waals surface area contributed by atoms with Crippen LogP contribution in [0.1, 0.15) is 54.7 Å². The molecule has 0 saturated heterocycles. The molecule has 0 amide bonds. The van der Waals surface area contributed by atoms with Crippen molar-refractivity contribution in [1.29, 1.82) is 0 Å². The third-order valence-corrected chi connectivity index (χ3v) is 6.93. The number of aliphatic imine (C=N–C) groups is 1. The average molecular weight is 500 g/mol. The maximum absolute atomic E-state index is 11.1. The SMILES string of the molecule is CC(=NCC(=S)Cc1ccc(C(=O)O)c(Cl)c1)c1csc(-c2ccc(C(C)(C)C)cc2)c1O. The van der Waals surface area contributed by atoms with Crippen molar-refractivity contribution in [1.82, 2.24) is 0 Å². The van der Waals surface area contributed by atoms with Crippen molar-refractivity contribution < 1.29 is 15.0 Å². The molecule has 2 aromatic carbocycles. The van der Waals surface area contributed by atoms with Gasteiger partial charge in [-0.25, -0.2) is 4.79 Å². The van der Waals surface area contributed by atoms with Crippen LogP contribution in [0.3, 0.4) is 0 Å². The van der Waals surface area contributed by atoms with Crippen LogP contribution in [-0.2, 0) is 11.8 Å². The van der Waals surface area contributed by atoms with Crippen molar-refractivity contribution >= 4 is 51.7 Å². The first kappa shape index (κ1) is 25.1. The van der Waals surface area contributed by atoms with Crippen LogP contribution in [0.5, 0.6) is 5.75 Å². The highest BCUT2D eigenvalue weighted by Crippen LogP contribution is 2.39. The molecule has 1 aromatic heterocycles. The van der Waals surface area contributed by atoms with Gasteiger partial charge in [0.2, 0.25) is 0 Å². The van der Waals surface area contributed by atoms with Crippen molar-refractivity contribution in [3.05, 3.63) is 75.1 Å². The number of benzene rings is 2.